The molecule has 0 fully saturated rings. The quantitative estimate of drug-likeness (QED) is 0.186. The second-order valence-corrected chi connectivity index (χ2v) is 14.1. The molecule has 0 radical (unpaired) electrons. The molecular formula is C45H27N3O2S. The Morgan fingerprint density at radius 1 is 0.490 bits per heavy atom. The number of benzene rings is 6. The summed E-state index contributed by atoms with van der Waals surface area (Å²) in [7, 11) is 0. The van der Waals surface area contributed by atoms with Crippen molar-refractivity contribution >= 4 is 71.4 Å². The average molecular weight is 674 g/mol. The minimum absolute atomic E-state index is 0.593. The highest BCUT2D eigenvalue weighted by atomic mass is 32.1. The third-order valence-corrected chi connectivity index (χ3v) is 11.2. The van der Waals surface area contributed by atoms with Gasteiger partial charge >= 0.3 is 0 Å². The molecule has 1 aliphatic rings. The minimum Gasteiger partial charge on any atom is -0.456 e. The van der Waals surface area contributed by atoms with Gasteiger partial charge in [0.15, 0.2) is 17.5 Å². The van der Waals surface area contributed by atoms with E-state index in [-0.39, 0.29) is 0 Å². The van der Waals surface area contributed by atoms with Crippen LogP contribution in [0, 0.1) is 0 Å². The van der Waals surface area contributed by atoms with Gasteiger partial charge in [0.1, 0.15) is 22.3 Å². The lowest BCUT2D eigenvalue weighted by Crippen LogP contribution is -2.00. The summed E-state index contributed by atoms with van der Waals surface area (Å²) >= 11 is 1.88. The molecule has 4 heterocycles. The van der Waals surface area contributed by atoms with Crippen molar-refractivity contribution in [2.45, 2.75) is 12.8 Å². The highest BCUT2D eigenvalue weighted by molar-refractivity contribution is 7.20. The molecule has 0 N–H and O–H groups in total. The molecule has 6 aromatic carbocycles. The van der Waals surface area contributed by atoms with Crippen molar-refractivity contribution < 1.29 is 8.83 Å². The molecule has 51 heavy (non-hydrogen) atoms. The first-order valence-corrected chi connectivity index (χ1v) is 18.0. The lowest BCUT2D eigenvalue weighted by molar-refractivity contribution is 0.668. The Bertz CT molecular complexity index is 3040. The zero-order valence-electron chi connectivity index (χ0n) is 27.3. The number of hydrogen-bond acceptors (Lipinski definition) is 6. The van der Waals surface area contributed by atoms with E-state index < -0.39 is 0 Å². The van der Waals surface area contributed by atoms with Crippen molar-refractivity contribution in [2.24, 2.45) is 0 Å². The Morgan fingerprint density at radius 3 is 2.00 bits per heavy atom. The largest absolute Gasteiger partial charge is 0.456 e. The summed E-state index contributed by atoms with van der Waals surface area (Å²) < 4.78 is 14.1. The van der Waals surface area contributed by atoms with Crippen LogP contribution in [0.25, 0.3) is 105 Å². The van der Waals surface area contributed by atoms with E-state index >= 15 is 0 Å². The minimum atomic E-state index is 0.593. The molecule has 0 atom stereocenters. The second kappa shape index (κ2) is 11.1. The molecule has 0 amide bonds. The normalized spacial score (nSPS) is 12.9. The lowest BCUT2D eigenvalue weighted by Gasteiger charge is -2.12. The fourth-order valence-electron chi connectivity index (χ4n) is 7.74. The van der Waals surface area contributed by atoms with E-state index in [4.69, 9.17) is 23.8 Å². The first-order valence-electron chi connectivity index (χ1n) is 17.2. The smallest absolute Gasteiger partial charge is 0.164 e. The number of hydrogen-bond donors (Lipinski definition) is 0. The van der Waals surface area contributed by atoms with Crippen molar-refractivity contribution in [1.82, 2.24) is 15.0 Å². The number of fused-ring (bicyclic) bond motifs is 9. The van der Waals surface area contributed by atoms with E-state index in [0.29, 0.717) is 17.5 Å². The van der Waals surface area contributed by atoms with Gasteiger partial charge in [0.2, 0.25) is 0 Å². The van der Waals surface area contributed by atoms with Gasteiger partial charge in [0, 0.05) is 53.2 Å². The zero-order valence-corrected chi connectivity index (χ0v) is 28.1. The first kappa shape index (κ1) is 28.5. The molecule has 6 heteroatoms. The molecule has 10 aromatic rings. The van der Waals surface area contributed by atoms with Crippen LogP contribution in [0.2, 0.25) is 0 Å². The summed E-state index contributed by atoms with van der Waals surface area (Å²) in [5.41, 5.74) is 9.85. The van der Waals surface area contributed by atoms with Gasteiger partial charge in [-0.2, -0.15) is 0 Å². The van der Waals surface area contributed by atoms with Crippen LogP contribution in [0.5, 0.6) is 0 Å². The van der Waals surface area contributed by atoms with Gasteiger partial charge in [-0.15, -0.1) is 11.3 Å². The third-order valence-electron chi connectivity index (χ3n) is 10.0. The van der Waals surface area contributed by atoms with Gasteiger partial charge in [0.25, 0.3) is 0 Å². The molecule has 240 valence electrons. The molecular weight excluding hydrogens is 647 g/mol. The Hall–Kier alpha value is -6.37. The molecule has 0 unspecified atom stereocenters. The van der Waals surface area contributed by atoms with Crippen molar-refractivity contribution in [3.8, 4) is 45.3 Å². The molecule has 0 saturated heterocycles. The molecule has 0 spiro atoms. The van der Waals surface area contributed by atoms with Crippen LogP contribution in [-0.4, -0.2) is 15.0 Å². The SMILES string of the molecule is C1=Cc2sc3cccc(-c4cccc5oc6cccc(-c7nc(-c8ccccc8)nc(-c8ccc9oc%10ccccc%10c9c8)n7)c6c45)c3c2CC1. The predicted octanol–water partition coefficient (Wildman–Crippen LogP) is 12.5. The fraction of sp³-hybridized carbons (Fsp3) is 0.0444. The maximum Gasteiger partial charge on any atom is 0.164 e. The number of nitrogens with zero attached hydrogens (tertiary/aromatic N) is 3. The van der Waals surface area contributed by atoms with E-state index in [1.807, 2.05) is 84.1 Å². The van der Waals surface area contributed by atoms with Crippen LogP contribution in [0.15, 0.2) is 142 Å². The lowest BCUT2D eigenvalue weighted by atomic mass is 9.91. The fourth-order valence-corrected chi connectivity index (χ4v) is 8.95. The van der Waals surface area contributed by atoms with Gasteiger partial charge in [0.05, 0.1) is 0 Å². The number of allylic oxidation sites excluding steroid dienone is 1. The summed E-state index contributed by atoms with van der Waals surface area (Å²) in [6, 6.07) is 43.6. The summed E-state index contributed by atoms with van der Waals surface area (Å²) in [6.07, 6.45) is 6.68. The van der Waals surface area contributed by atoms with Crippen molar-refractivity contribution in [2.75, 3.05) is 0 Å². The molecule has 0 aliphatic heterocycles. The zero-order chi connectivity index (χ0) is 33.5. The van der Waals surface area contributed by atoms with Gasteiger partial charge in [-0.3, -0.25) is 0 Å². The summed E-state index contributed by atoms with van der Waals surface area (Å²) in [5, 5.41) is 5.50. The van der Waals surface area contributed by atoms with Crippen molar-refractivity contribution in [1.29, 1.82) is 0 Å². The molecule has 11 rings (SSSR count). The van der Waals surface area contributed by atoms with Gasteiger partial charge in [-0.1, -0.05) is 91.0 Å². The Balaban J connectivity index is 1.18. The molecule has 4 aromatic heterocycles. The summed E-state index contributed by atoms with van der Waals surface area (Å²) in [4.78, 5) is 16.8. The van der Waals surface area contributed by atoms with Gasteiger partial charge in [-0.05, 0) is 78.1 Å². The maximum absolute atomic E-state index is 6.60. The van der Waals surface area contributed by atoms with Crippen LogP contribution < -0.4 is 0 Å². The van der Waals surface area contributed by atoms with Crippen LogP contribution in [0.3, 0.4) is 0 Å². The predicted molar refractivity (Wildman–Crippen MR) is 209 cm³/mol. The van der Waals surface area contributed by atoms with Gasteiger partial charge < -0.3 is 8.83 Å². The number of para-hydroxylation sites is 1. The number of furan rings is 2. The Morgan fingerprint density at radius 2 is 1.14 bits per heavy atom. The highest BCUT2D eigenvalue weighted by Crippen LogP contribution is 2.46. The van der Waals surface area contributed by atoms with E-state index in [1.54, 1.807) is 0 Å². The highest BCUT2D eigenvalue weighted by Gasteiger charge is 2.23. The topological polar surface area (TPSA) is 65.0 Å². The van der Waals surface area contributed by atoms with Crippen LogP contribution in [0.1, 0.15) is 16.9 Å². The molecule has 5 nitrogen and oxygen atoms in total. The third kappa shape index (κ3) is 4.43. The number of thiophene rings is 1. The van der Waals surface area contributed by atoms with Crippen molar-refractivity contribution in [3.63, 3.8) is 0 Å². The molecule has 0 bridgehead atoms. The molecule has 1 aliphatic carbocycles. The number of aromatic nitrogens is 3. The summed E-state index contributed by atoms with van der Waals surface area (Å²) in [6.45, 7) is 0. The number of aryl methyl sites for hydroxylation is 1. The number of rotatable bonds is 4. The van der Waals surface area contributed by atoms with E-state index in [1.165, 1.54) is 26.1 Å². The van der Waals surface area contributed by atoms with Crippen LogP contribution >= 0.6 is 11.3 Å². The first-order chi connectivity index (χ1) is 25.3. The van der Waals surface area contributed by atoms with E-state index in [9.17, 15) is 0 Å². The summed E-state index contributed by atoms with van der Waals surface area (Å²) in [5.74, 6) is 1.80. The monoisotopic (exact) mass is 673 g/mol. The Labute approximate surface area is 296 Å². The Kier molecular flexibility index (Phi) is 6.18. The van der Waals surface area contributed by atoms with E-state index in [0.717, 1.165) is 79.0 Å². The van der Waals surface area contributed by atoms with Crippen LogP contribution in [-0.2, 0) is 6.42 Å². The average Bonchev–Trinajstić information content (AvgIpc) is 3.89. The second-order valence-electron chi connectivity index (χ2n) is 13.0. The van der Waals surface area contributed by atoms with Crippen molar-refractivity contribution in [3.05, 3.63) is 144 Å². The standard InChI is InChI=1S/C45H27N3O2S/c1-2-11-26(12-3-1)43-46-44(27-23-24-35-33(25-27)28-13-4-6-18-34(28)49-35)48-45(47-43)32-17-9-20-37-42(32)41-30(15-8-19-36(41)50-37)29-16-10-22-39-40(29)31-14-5-7-21-38(31)51-39/h1-4,6-13,15-25H,5,14H2. The molecule has 0 saturated carbocycles. The van der Waals surface area contributed by atoms with E-state index in [2.05, 4.69) is 66.7 Å². The van der Waals surface area contributed by atoms with Crippen LogP contribution in [0.4, 0.5) is 0 Å². The van der Waals surface area contributed by atoms with Gasteiger partial charge in [-0.25, -0.2) is 15.0 Å². The maximum atomic E-state index is 6.60.